The van der Waals surface area contributed by atoms with Gasteiger partial charge in [-0.3, -0.25) is 4.79 Å². The van der Waals surface area contributed by atoms with Crippen LogP contribution >= 0.6 is 0 Å². The van der Waals surface area contributed by atoms with Gasteiger partial charge >= 0.3 is 5.97 Å². The number of rotatable bonds is 2. The van der Waals surface area contributed by atoms with Crippen LogP contribution in [0.2, 0.25) is 0 Å². The maximum absolute atomic E-state index is 11.9. The quantitative estimate of drug-likeness (QED) is 0.867. The molecule has 2 aromatic rings. The lowest BCUT2D eigenvalue weighted by Crippen LogP contribution is -2.49. The van der Waals surface area contributed by atoms with Crippen molar-refractivity contribution in [2.24, 2.45) is 0 Å². The summed E-state index contributed by atoms with van der Waals surface area (Å²) in [5, 5.41) is 15.2. The molecular formula is C16H17NO2. The highest BCUT2D eigenvalue weighted by molar-refractivity contribution is 5.93. The molecule has 3 nitrogen and oxygen atoms in total. The minimum atomic E-state index is -0.793. The summed E-state index contributed by atoms with van der Waals surface area (Å²) in [7, 11) is 0. The summed E-state index contributed by atoms with van der Waals surface area (Å²) in [5.74, 6) is -0.726. The van der Waals surface area contributed by atoms with E-state index in [1.165, 1.54) is 0 Å². The van der Waals surface area contributed by atoms with Gasteiger partial charge in [0.2, 0.25) is 0 Å². The molecule has 98 valence electrons. The van der Waals surface area contributed by atoms with Crippen molar-refractivity contribution in [1.29, 1.82) is 0 Å². The molecule has 0 amide bonds. The fraction of sp³-hybridized carbons (Fsp3) is 0.312. The van der Waals surface area contributed by atoms with E-state index in [2.05, 4.69) is 5.32 Å². The third kappa shape index (κ3) is 1.90. The molecule has 1 aliphatic rings. The van der Waals surface area contributed by atoms with E-state index >= 15 is 0 Å². The Morgan fingerprint density at radius 1 is 1.16 bits per heavy atom. The Bertz CT molecular complexity index is 610. The number of hydrogen-bond donors (Lipinski definition) is 2. The van der Waals surface area contributed by atoms with Gasteiger partial charge in [-0.25, -0.2) is 0 Å². The van der Waals surface area contributed by atoms with Crippen molar-refractivity contribution in [3.05, 3.63) is 48.0 Å². The van der Waals surface area contributed by atoms with Crippen LogP contribution in [0.3, 0.4) is 0 Å². The predicted octanol–water partition coefficient (Wildman–Crippen LogP) is 2.55. The molecule has 1 unspecified atom stereocenters. The summed E-state index contributed by atoms with van der Waals surface area (Å²) < 4.78 is 0. The van der Waals surface area contributed by atoms with Gasteiger partial charge in [-0.1, -0.05) is 42.5 Å². The van der Waals surface area contributed by atoms with Crippen molar-refractivity contribution in [3.63, 3.8) is 0 Å². The lowest BCUT2D eigenvalue weighted by molar-refractivity contribution is -0.144. The molecule has 1 fully saturated rings. The Labute approximate surface area is 112 Å². The van der Waals surface area contributed by atoms with Crippen molar-refractivity contribution in [3.8, 4) is 0 Å². The smallest absolute Gasteiger partial charge is 0.315 e. The van der Waals surface area contributed by atoms with Crippen molar-refractivity contribution in [1.82, 2.24) is 5.32 Å². The molecule has 0 radical (unpaired) electrons. The number of fused-ring (bicyclic) bond motifs is 1. The first-order valence-electron chi connectivity index (χ1n) is 6.66. The van der Waals surface area contributed by atoms with Gasteiger partial charge in [0.1, 0.15) is 5.41 Å². The highest BCUT2D eigenvalue weighted by Crippen LogP contribution is 2.36. The van der Waals surface area contributed by atoms with E-state index in [0.717, 1.165) is 29.3 Å². The number of aliphatic carboxylic acids is 1. The van der Waals surface area contributed by atoms with Gasteiger partial charge in [-0.05, 0) is 35.7 Å². The van der Waals surface area contributed by atoms with E-state index in [1.54, 1.807) is 0 Å². The second-order valence-electron chi connectivity index (χ2n) is 5.19. The van der Waals surface area contributed by atoms with E-state index in [9.17, 15) is 9.90 Å². The second-order valence-corrected chi connectivity index (χ2v) is 5.19. The molecule has 19 heavy (non-hydrogen) atoms. The van der Waals surface area contributed by atoms with Crippen LogP contribution in [0.4, 0.5) is 0 Å². The molecule has 0 aliphatic carbocycles. The highest BCUT2D eigenvalue weighted by Gasteiger charge is 2.42. The second kappa shape index (κ2) is 4.67. The van der Waals surface area contributed by atoms with E-state index in [1.807, 2.05) is 42.5 Å². The van der Waals surface area contributed by atoms with Crippen molar-refractivity contribution in [2.45, 2.75) is 18.3 Å². The zero-order valence-corrected chi connectivity index (χ0v) is 10.7. The summed E-state index contributed by atoms with van der Waals surface area (Å²) in [5.41, 5.74) is 0.143. The third-order valence-electron chi connectivity index (χ3n) is 4.10. The SMILES string of the molecule is O=C(O)C1(c2cccc3ccccc23)CCCNC1. The van der Waals surface area contributed by atoms with Crippen LogP contribution < -0.4 is 5.32 Å². The normalized spacial score (nSPS) is 23.4. The number of hydrogen-bond acceptors (Lipinski definition) is 2. The predicted molar refractivity (Wildman–Crippen MR) is 75.4 cm³/mol. The van der Waals surface area contributed by atoms with Gasteiger partial charge in [-0.2, -0.15) is 0 Å². The average Bonchev–Trinajstić information content (AvgIpc) is 2.47. The number of carboxylic acids is 1. The van der Waals surface area contributed by atoms with Crippen LogP contribution in [-0.4, -0.2) is 24.2 Å². The third-order valence-corrected chi connectivity index (χ3v) is 4.10. The monoisotopic (exact) mass is 255 g/mol. The summed E-state index contributed by atoms with van der Waals surface area (Å²) >= 11 is 0. The minimum absolute atomic E-state index is 0.510. The molecule has 0 aromatic heterocycles. The Morgan fingerprint density at radius 2 is 1.95 bits per heavy atom. The maximum Gasteiger partial charge on any atom is 0.315 e. The van der Waals surface area contributed by atoms with Crippen molar-refractivity contribution >= 4 is 16.7 Å². The summed E-state index contributed by atoms with van der Waals surface area (Å²) in [6, 6.07) is 14.0. The van der Waals surface area contributed by atoms with Gasteiger partial charge in [0.05, 0.1) is 0 Å². The average molecular weight is 255 g/mol. The topological polar surface area (TPSA) is 49.3 Å². The van der Waals surface area contributed by atoms with Crippen LogP contribution in [0.15, 0.2) is 42.5 Å². The number of piperidine rings is 1. The first-order chi connectivity index (χ1) is 9.24. The zero-order chi connectivity index (χ0) is 13.3. The first-order valence-corrected chi connectivity index (χ1v) is 6.66. The van der Waals surface area contributed by atoms with Gasteiger partial charge < -0.3 is 10.4 Å². The van der Waals surface area contributed by atoms with Crippen molar-refractivity contribution < 1.29 is 9.90 Å². The van der Waals surface area contributed by atoms with Gasteiger partial charge in [0.15, 0.2) is 0 Å². The Kier molecular flexibility index (Phi) is 2.99. The number of benzene rings is 2. The summed E-state index contributed by atoms with van der Waals surface area (Å²) in [4.78, 5) is 11.9. The maximum atomic E-state index is 11.9. The summed E-state index contributed by atoms with van der Waals surface area (Å²) in [6.45, 7) is 1.41. The van der Waals surface area contributed by atoms with Gasteiger partial charge in [0, 0.05) is 6.54 Å². The number of carbonyl (C=O) groups is 1. The van der Waals surface area contributed by atoms with E-state index in [4.69, 9.17) is 0 Å². The molecule has 1 atom stereocenters. The molecule has 1 saturated heterocycles. The Morgan fingerprint density at radius 3 is 2.68 bits per heavy atom. The number of nitrogens with one attached hydrogen (secondary N) is 1. The Balaban J connectivity index is 2.23. The van der Waals surface area contributed by atoms with Crippen LogP contribution in [0.1, 0.15) is 18.4 Å². The molecule has 0 bridgehead atoms. The molecule has 2 N–H and O–H groups in total. The van der Waals surface area contributed by atoms with E-state index < -0.39 is 11.4 Å². The molecular weight excluding hydrogens is 238 g/mol. The van der Waals surface area contributed by atoms with Gasteiger partial charge in [-0.15, -0.1) is 0 Å². The fourth-order valence-corrected chi connectivity index (χ4v) is 3.08. The lowest BCUT2D eigenvalue weighted by Gasteiger charge is -2.35. The van der Waals surface area contributed by atoms with E-state index in [0.29, 0.717) is 13.0 Å². The highest BCUT2D eigenvalue weighted by atomic mass is 16.4. The fourth-order valence-electron chi connectivity index (χ4n) is 3.08. The molecule has 1 aliphatic heterocycles. The van der Waals surface area contributed by atoms with Crippen LogP contribution in [0, 0.1) is 0 Å². The molecule has 1 heterocycles. The minimum Gasteiger partial charge on any atom is -0.481 e. The molecule has 3 heteroatoms. The molecule has 3 rings (SSSR count). The van der Waals surface area contributed by atoms with Crippen LogP contribution in [0.5, 0.6) is 0 Å². The lowest BCUT2D eigenvalue weighted by atomic mass is 9.73. The first kappa shape index (κ1) is 12.2. The standard InChI is InChI=1S/C16H17NO2/c18-15(19)16(9-4-10-17-11-16)14-8-3-6-12-5-1-2-7-13(12)14/h1-3,5-8,17H,4,9-11H2,(H,18,19). The molecule has 2 aromatic carbocycles. The van der Waals surface area contributed by atoms with Gasteiger partial charge in [0.25, 0.3) is 0 Å². The van der Waals surface area contributed by atoms with E-state index in [-0.39, 0.29) is 0 Å². The molecule has 0 saturated carbocycles. The summed E-state index contributed by atoms with van der Waals surface area (Å²) in [6.07, 6.45) is 1.60. The van der Waals surface area contributed by atoms with Crippen LogP contribution in [-0.2, 0) is 10.2 Å². The van der Waals surface area contributed by atoms with Crippen molar-refractivity contribution in [2.75, 3.05) is 13.1 Å². The number of carboxylic acid groups (broad SMARTS) is 1. The Hall–Kier alpha value is -1.87. The van der Waals surface area contributed by atoms with Crippen LogP contribution in [0.25, 0.3) is 10.8 Å². The largest absolute Gasteiger partial charge is 0.481 e. The molecule has 0 spiro atoms. The zero-order valence-electron chi connectivity index (χ0n) is 10.7.